The van der Waals surface area contributed by atoms with Crippen molar-refractivity contribution in [3.63, 3.8) is 0 Å². The van der Waals surface area contributed by atoms with Crippen molar-refractivity contribution in [1.29, 1.82) is 0 Å². The fourth-order valence-electron chi connectivity index (χ4n) is 1.97. The van der Waals surface area contributed by atoms with E-state index in [1.165, 1.54) is 0 Å². The zero-order valence-corrected chi connectivity index (χ0v) is 9.39. The molecule has 0 aliphatic carbocycles. The summed E-state index contributed by atoms with van der Waals surface area (Å²) >= 11 is 0. The zero-order valence-electron chi connectivity index (χ0n) is 9.39. The van der Waals surface area contributed by atoms with Crippen molar-refractivity contribution in [2.45, 2.75) is 6.04 Å². The van der Waals surface area contributed by atoms with Crippen LogP contribution in [0.5, 0.6) is 0 Å². The number of aromatic nitrogens is 4. The van der Waals surface area contributed by atoms with Gasteiger partial charge in [0.05, 0.1) is 24.0 Å². The summed E-state index contributed by atoms with van der Waals surface area (Å²) in [5, 5.41) is 16.8. The maximum Gasteiger partial charge on any atom is 0.193 e. The second-order valence-electron chi connectivity index (χ2n) is 3.87. The molecule has 7 nitrogen and oxygen atoms in total. The summed E-state index contributed by atoms with van der Waals surface area (Å²) in [5.74, 6) is 0.173. The summed E-state index contributed by atoms with van der Waals surface area (Å²) in [7, 11) is 0. The van der Waals surface area contributed by atoms with Gasteiger partial charge in [-0.1, -0.05) is 17.3 Å². The van der Waals surface area contributed by atoms with Crippen molar-refractivity contribution in [2.24, 2.45) is 0 Å². The van der Waals surface area contributed by atoms with Crippen LogP contribution in [0.15, 0.2) is 35.2 Å². The van der Waals surface area contributed by atoms with Crippen molar-refractivity contribution in [3.8, 4) is 0 Å². The fourth-order valence-corrected chi connectivity index (χ4v) is 1.97. The number of hydrogen-bond acceptors (Lipinski definition) is 6. The number of benzene rings is 1. The predicted molar refractivity (Wildman–Crippen MR) is 63.7 cm³/mol. The number of aliphatic hydroxyl groups is 1. The highest BCUT2D eigenvalue weighted by atomic mass is 16.6. The summed E-state index contributed by atoms with van der Waals surface area (Å²) in [6.07, 6.45) is 1.64. The first kappa shape index (κ1) is 10.7. The van der Waals surface area contributed by atoms with Crippen molar-refractivity contribution < 1.29 is 9.74 Å². The van der Waals surface area contributed by atoms with E-state index < -0.39 is 6.04 Å². The average Bonchev–Trinajstić information content (AvgIpc) is 2.99. The first-order valence-electron chi connectivity index (χ1n) is 5.41. The van der Waals surface area contributed by atoms with E-state index in [1.807, 2.05) is 24.3 Å². The van der Waals surface area contributed by atoms with E-state index in [-0.39, 0.29) is 12.4 Å². The molecular formula is C11H11N5O2. The minimum Gasteiger partial charge on any atom is -0.394 e. The van der Waals surface area contributed by atoms with Crippen LogP contribution < -0.4 is 5.73 Å². The number of aliphatic hydroxyl groups excluding tert-OH is 1. The topological polar surface area (TPSA) is 103 Å². The lowest BCUT2D eigenvalue weighted by Gasteiger charge is -2.13. The van der Waals surface area contributed by atoms with Gasteiger partial charge in [0.15, 0.2) is 11.5 Å². The highest BCUT2D eigenvalue weighted by Crippen LogP contribution is 2.24. The third-order valence-corrected chi connectivity index (χ3v) is 2.85. The number of para-hydroxylation sites is 2. The lowest BCUT2D eigenvalue weighted by Crippen LogP contribution is -2.15. The van der Waals surface area contributed by atoms with Crippen molar-refractivity contribution >= 4 is 16.9 Å². The summed E-state index contributed by atoms with van der Waals surface area (Å²) in [5.41, 5.74) is 7.79. The van der Waals surface area contributed by atoms with E-state index in [0.717, 1.165) is 11.0 Å². The molecule has 2 aromatic heterocycles. The SMILES string of the molecule is Nc1nonc1C(CO)n1cnc2ccccc21. The first-order valence-corrected chi connectivity index (χ1v) is 5.41. The molecule has 92 valence electrons. The van der Waals surface area contributed by atoms with Crippen LogP contribution in [0.3, 0.4) is 0 Å². The molecule has 0 fully saturated rings. The number of fused-ring (bicyclic) bond motifs is 1. The first-order chi connectivity index (χ1) is 8.81. The Morgan fingerprint density at radius 2 is 2.17 bits per heavy atom. The molecule has 0 aliphatic rings. The molecule has 1 unspecified atom stereocenters. The van der Waals surface area contributed by atoms with Crippen LogP contribution in [0.2, 0.25) is 0 Å². The number of imidazole rings is 1. The molecule has 18 heavy (non-hydrogen) atoms. The molecule has 0 bridgehead atoms. The van der Waals surface area contributed by atoms with Crippen LogP contribution in [0.1, 0.15) is 11.7 Å². The van der Waals surface area contributed by atoms with E-state index in [2.05, 4.69) is 19.9 Å². The number of nitrogen functional groups attached to an aromatic ring is 1. The van der Waals surface area contributed by atoms with Crippen LogP contribution in [0.4, 0.5) is 5.82 Å². The lowest BCUT2D eigenvalue weighted by atomic mass is 10.2. The smallest absolute Gasteiger partial charge is 0.193 e. The van der Waals surface area contributed by atoms with Crippen LogP contribution in [0.25, 0.3) is 11.0 Å². The molecule has 0 saturated carbocycles. The molecule has 0 radical (unpaired) electrons. The largest absolute Gasteiger partial charge is 0.394 e. The molecule has 3 aromatic rings. The van der Waals surface area contributed by atoms with Gasteiger partial charge in [0.2, 0.25) is 0 Å². The molecule has 0 amide bonds. The fraction of sp³-hybridized carbons (Fsp3) is 0.182. The quantitative estimate of drug-likeness (QED) is 0.699. The van der Waals surface area contributed by atoms with Gasteiger partial charge in [-0.3, -0.25) is 0 Å². The van der Waals surface area contributed by atoms with Gasteiger partial charge in [-0.2, -0.15) is 0 Å². The van der Waals surface area contributed by atoms with Gasteiger partial charge in [-0.15, -0.1) is 0 Å². The van der Waals surface area contributed by atoms with Crippen LogP contribution in [-0.4, -0.2) is 31.6 Å². The Hall–Kier alpha value is -2.41. The van der Waals surface area contributed by atoms with Gasteiger partial charge in [0.1, 0.15) is 6.04 Å². The molecule has 1 aromatic carbocycles. The minimum absolute atomic E-state index is 0.168. The molecule has 0 aliphatic heterocycles. The molecule has 3 rings (SSSR count). The third kappa shape index (κ3) is 1.52. The monoisotopic (exact) mass is 245 g/mol. The number of rotatable bonds is 3. The van der Waals surface area contributed by atoms with Gasteiger partial charge in [-0.05, 0) is 17.3 Å². The minimum atomic E-state index is -0.455. The Morgan fingerprint density at radius 1 is 1.33 bits per heavy atom. The van der Waals surface area contributed by atoms with Crippen molar-refractivity contribution in [2.75, 3.05) is 12.3 Å². The number of hydrogen-bond donors (Lipinski definition) is 2. The standard InChI is InChI=1S/C11H11N5O2/c12-11-10(14-18-15-11)9(5-17)16-6-13-7-3-1-2-4-8(7)16/h1-4,6,9,17H,5H2,(H2,12,15). The Morgan fingerprint density at radius 3 is 2.89 bits per heavy atom. The van der Waals surface area contributed by atoms with Gasteiger partial charge in [-0.25, -0.2) is 9.61 Å². The lowest BCUT2D eigenvalue weighted by molar-refractivity contribution is 0.240. The van der Waals surface area contributed by atoms with Gasteiger partial charge >= 0.3 is 0 Å². The normalized spacial score (nSPS) is 12.9. The Labute approximate surface area is 102 Å². The number of nitrogens with zero attached hydrogens (tertiary/aromatic N) is 4. The van der Waals surface area contributed by atoms with E-state index in [9.17, 15) is 5.11 Å². The molecule has 0 saturated heterocycles. The molecule has 7 heteroatoms. The molecule has 2 heterocycles. The average molecular weight is 245 g/mol. The molecule has 3 N–H and O–H groups in total. The number of anilines is 1. The molecular weight excluding hydrogens is 234 g/mol. The maximum atomic E-state index is 9.54. The van der Waals surface area contributed by atoms with E-state index in [1.54, 1.807) is 10.9 Å². The highest BCUT2D eigenvalue weighted by Gasteiger charge is 2.22. The van der Waals surface area contributed by atoms with Gasteiger partial charge < -0.3 is 15.4 Å². The van der Waals surface area contributed by atoms with Crippen molar-refractivity contribution in [3.05, 3.63) is 36.3 Å². The van der Waals surface area contributed by atoms with E-state index in [0.29, 0.717) is 5.69 Å². The van der Waals surface area contributed by atoms with Crippen molar-refractivity contribution in [1.82, 2.24) is 19.9 Å². The van der Waals surface area contributed by atoms with E-state index in [4.69, 9.17) is 5.73 Å². The zero-order chi connectivity index (χ0) is 12.5. The Balaban J connectivity index is 2.15. The Kier molecular flexibility index (Phi) is 2.45. The molecule has 1 atom stereocenters. The summed E-state index contributed by atoms with van der Waals surface area (Å²) in [4.78, 5) is 4.26. The second-order valence-corrected chi connectivity index (χ2v) is 3.87. The van der Waals surface area contributed by atoms with E-state index >= 15 is 0 Å². The summed E-state index contributed by atoms with van der Waals surface area (Å²) in [6.45, 7) is -0.168. The van der Waals surface area contributed by atoms with Crippen LogP contribution >= 0.6 is 0 Å². The van der Waals surface area contributed by atoms with Gasteiger partial charge in [0, 0.05) is 0 Å². The summed E-state index contributed by atoms with van der Waals surface area (Å²) < 4.78 is 6.37. The Bertz CT molecular complexity index is 675. The third-order valence-electron chi connectivity index (χ3n) is 2.85. The second kappa shape index (κ2) is 4.11. The number of nitrogens with two attached hydrogens (primary N) is 1. The maximum absolute atomic E-state index is 9.54. The predicted octanol–water partition coefficient (Wildman–Crippen LogP) is 0.583. The highest BCUT2D eigenvalue weighted by molar-refractivity contribution is 5.75. The molecule has 0 spiro atoms. The summed E-state index contributed by atoms with van der Waals surface area (Å²) in [6, 6.07) is 7.15. The van der Waals surface area contributed by atoms with Crippen LogP contribution in [0, 0.1) is 0 Å². The van der Waals surface area contributed by atoms with Gasteiger partial charge in [0.25, 0.3) is 0 Å². The van der Waals surface area contributed by atoms with Crippen LogP contribution in [-0.2, 0) is 0 Å².